The molecule has 0 aliphatic heterocycles. The van der Waals surface area contributed by atoms with Crippen LogP contribution in [0.4, 0.5) is 0 Å². The fourth-order valence-electron chi connectivity index (χ4n) is 2.53. The molecule has 2 rings (SSSR count). The molecule has 1 atom stereocenters. The van der Waals surface area contributed by atoms with E-state index in [4.69, 9.17) is 25.8 Å². The third-order valence-electron chi connectivity index (χ3n) is 4.16. The number of carbonyl (C=O) groups is 1. The average molecular weight is 457 g/mol. The van der Waals surface area contributed by atoms with E-state index < -0.39 is 10.0 Å². The molecule has 30 heavy (non-hydrogen) atoms. The molecule has 2 N–H and O–H groups in total. The Kier molecular flexibility index (Phi) is 8.91. The van der Waals surface area contributed by atoms with Gasteiger partial charge in [-0.05, 0) is 42.8 Å². The lowest BCUT2D eigenvalue weighted by Gasteiger charge is -2.15. The minimum absolute atomic E-state index is 0.00599. The first kappa shape index (κ1) is 23.9. The standard InChI is InChI=1S/C20H25ClN2O6S/c1-14(15-4-6-16(28-3)7-5-15)23-20(24)13-29-19-9-8-17(12-18(19)21)30(25,26)22-10-11-27-2/h4-9,12,14,22H,10-11,13H2,1-3H3,(H,23,24)/t14-/m0/s1. The third kappa shape index (κ3) is 6.88. The topological polar surface area (TPSA) is 103 Å². The number of hydrogen-bond acceptors (Lipinski definition) is 6. The summed E-state index contributed by atoms with van der Waals surface area (Å²) in [4.78, 5) is 12.2. The van der Waals surface area contributed by atoms with E-state index in [1.54, 1.807) is 7.11 Å². The first-order chi connectivity index (χ1) is 14.3. The molecule has 2 aromatic carbocycles. The molecule has 2 aromatic rings. The zero-order valence-electron chi connectivity index (χ0n) is 17.0. The number of halogens is 1. The summed E-state index contributed by atoms with van der Waals surface area (Å²) in [6, 6.07) is 11.2. The maximum atomic E-state index is 12.2. The van der Waals surface area contributed by atoms with Gasteiger partial charge in [-0.1, -0.05) is 23.7 Å². The van der Waals surface area contributed by atoms with Crippen molar-refractivity contribution in [2.45, 2.75) is 17.9 Å². The molecular weight excluding hydrogens is 432 g/mol. The molecule has 0 unspecified atom stereocenters. The molecule has 0 fully saturated rings. The van der Waals surface area contributed by atoms with Crippen molar-refractivity contribution in [2.24, 2.45) is 0 Å². The van der Waals surface area contributed by atoms with Crippen LogP contribution in [-0.2, 0) is 19.6 Å². The summed E-state index contributed by atoms with van der Waals surface area (Å²) in [5.41, 5.74) is 0.915. The zero-order chi connectivity index (χ0) is 22.1. The van der Waals surface area contributed by atoms with Crippen molar-refractivity contribution < 1.29 is 27.4 Å². The molecule has 10 heteroatoms. The van der Waals surface area contributed by atoms with Gasteiger partial charge in [-0.25, -0.2) is 13.1 Å². The van der Waals surface area contributed by atoms with Crippen LogP contribution >= 0.6 is 11.6 Å². The van der Waals surface area contributed by atoms with Crippen LogP contribution < -0.4 is 19.5 Å². The Morgan fingerprint density at radius 2 is 1.83 bits per heavy atom. The van der Waals surface area contributed by atoms with Crippen molar-refractivity contribution in [2.75, 3.05) is 34.0 Å². The van der Waals surface area contributed by atoms with Gasteiger partial charge in [0.15, 0.2) is 6.61 Å². The minimum Gasteiger partial charge on any atom is -0.497 e. The SMILES string of the molecule is COCCNS(=O)(=O)c1ccc(OCC(=O)N[C@@H](C)c2ccc(OC)cc2)c(Cl)c1. The second kappa shape index (κ2) is 11.2. The molecule has 0 saturated heterocycles. The highest BCUT2D eigenvalue weighted by Crippen LogP contribution is 2.27. The molecule has 8 nitrogen and oxygen atoms in total. The van der Waals surface area contributed by atoms with Gasteiger partial charge in [-0.15, -0.1) is 0 Å². The summed E-state index contributed by atoms with van der Waals surface area (Å²) in [7, 11) is -0.650. The van der Waals surface area contributed by atoms with Crippen molar-refractivity contribution >= 4 is 27.5 Å². The predicted molar refractivity (Wildman–Crippen MR) is 114 cm³/mol. The molecular formula is C20H25ClN2O6S. The van der Waals surface area contributed by atoms with E-state index in [0.717, 1.165) is 11.3 Å². The van der Waals surface area contributed by atoms with Gasteiger partial charge in [0.05, 0.1) is 29.7 Å². The lowest BCUT2D eigenvalue weighted by molar-refractivity contribution is -0.123. The van der Waals surface area contributed by atoms with Crippen molar-refractivity contribution in [3.63, 3.8) is 0 Å². The second-order valence-electron chi connectivity index (χ2n) is 6.33. The fourth-order valence-corrected chi connectivity index (χ4v) is 3.87. The molecule has 0 aliphatic rings. The normalized spacial score (nSPS) is 12.3. The third-order valence-corrected chi connectivity index (χ3v) is 5.92. The van der Waals surface area contributed by atoms with Crippen LogP contribution in [-0.4, -0.2) is 48.3 Å². The van der Waals surface area contributed by atoms with Gasteiger partial charge in [0, 0.05) is 13.7 Å². The Labute approximate surface area is 181 Å². The maximum absolute atomic E-state index is 12.2. The zero-order valence-corrected chi connectivity index (χ0v) is 18.5. The second-order valence-corrected chi connectivity index (χ2v) is 8.51. The van der Waals surface area contributed by atoms with Crippen LogP contribution in [0.1, 0.15) is 18.5 Å². The molecule has 0 radical (unpaired) electrons. The molecule has 0 heterocycles. The predicted octanol–water partition coefficient (Wildman–Crippen LogP) is 2.53. The van der Waals surface area contributed by atoms with E-state index in [1.807, 2.05) is 31.2 Å². The highest BCUT2D eigenvalue weighted by molar-refractivity contribution is 7.89. The summed E-state index contributed by atoms with van der Waals surface area (Å²) in [6.07, 6.45) is 0. The smallest absolute Gasteiger partial charge is 0.258 e. The lowest BCUT2D eigenvalue weighted by atomic mass is 10.1. The van der Waals surface area contributed by atoms with Crippen LogP contribution in [0, 0.1) is 0 Å². The van der Waals surface area contributed by atoms with Gasteiger partial charge >= 0.3 is 0 Å². The molecule has 0 spiro atoms. The quantitative estimate of drug-likeness (QED) is 0.504. The number of carbonyl (C=O) groups excluding carboxylic acids is 1. The molecule has 0 bridgehead atoms. The number of rotatable bonds is 11. The Bertz CT molecular complexity index is 950. The Balaban J connectivity index is 1.92. The molecule has 164 valence electrons. The van der Waals surface area contributed by atoms with Gasteiger partial charge in [0.1, 0.15) is 11.5 Å². The van der Waals surface area contributed by atoms with Crippen molar-refractivity contribution in [1.29, 1.82) is 0 Å². The Morgan fingerprint density at radius 3 is 2.43 bits per heavy atom. The number of benzene rings is 2. The molecule has 1 amide bonds. The van der Waals surface area contributed by atoms with Crippen molar-refractivity contribution in [1.82, 2.24) is 10.0 Å². The Hall–Kier alpha value is -2.33. The highest BCUT2D eigenvalue weighted by atomic mass is 35.5. The molecule has 0 saturated carbocycles. The minimum atomic E-state index is -3.71. The lowest BCUT2D eigenvalue weighted by Crippen LogP contribution is -2.31. The molecule has 0 aliphatic carbocycles. The maximum Gasteiger partial charge on any atom is 0.258 e. The van der Waals surface area contributed by atoms with Gasteiger partial charge in [0.25, 0.3) is 5.91 Å². The van der Waals surface area contributed by atoms with E-state index >= 15 is 0 Å². The largest absolute Gasteiger partial charge is 0.497 e. The van der Waals surface area contributed by atoms with Gasteiger partial charge in [-0.2, -0.15) is 0 Å². The number of ether oxygens (including phenoxy) is 3. The van der Waals surface area contributed by atoms with Crippen LogP contribution in [0.5, 0.6) is 11.5 Å². The monoisotopic (exact) mass is 456 g/mol. The summed E-state index contributed by atoms with van der Waals surface area (Å²) in [6.45, 7) is 1.97. The summed E-state index contributed by atoms with van der Waals surface area (Å²) >= 11 is 6.12. The number of nitrogens with one attached hydrogen (secondary N) is 2. The number of hydrogen-bond donors (Lipinski definition) is 2. The van der Waals surface area contributed by atoms with E-state index in [0.29, 0.717) is 0 Å². The van der Waals surface area contributed by atoms with Gasteiger partial charge < -0.3 is 19.5 Å². The van der Waals surface area contributed by atoms with Crippen LogP contribution in [0.3, 0.4) is 0 Å². The van der Waals surface area contributed by atoms with Crippen LogP contribution in [0.2, 0.25) is 5.02 Å². The van der Waals surface area contributed by atoms with E-state index in [-0.39, 0.29) is 47.4 Å². The first-order valence-corrected chi connectivity index (χ1v) is 11.0. The van der Waals surface area contributed by atoms with Gasteiger partial charge in [0.2, 0.25) is 10.0 Å². The highest BCUT2D eigenvalue weighted by Gasteiger charge is 2.16. The van der Waals surface area contributed by atoms with E-state index in [9.17, 15) is 13.2 Å². The Morgan fingerprint density at radius 1 is 1.13 bits per heavy atom. The van der Waals surface area contributed by atoms with Crippen LogP contribution in [0.15, 0.2) is 47.4 Å². The number of sulfonamides is 1. The molecule has 0 aromatic heterocycles. The number of methoxy groups -OCH3 is 2. The van der Waals surface area contributed by atoms with E-state index in [1.165, 1.54) is 25.3 Å². The number of amides is 1. The summed E-state index contributed by atoms with van der Waals surface area (Å²) in [5, 5.41) is 2.91. The van der Waals surface area contributed by atoms with E-state index in [2.05, 4.69) is 10.0 Å². The summed E-state index contributed by atoms with van der Waals surface area (Å²) < 4.78 is 42.2. The first-order valence-electron chi connectivity index (χ1n) is 9.11. The fraction of sp³-hybridized carbons (Fsp3) is 0.350. The van der Waals surface area contributed by atoms with Gasteiger partial charge in [-0.3, -0.25) is 4.79 Å². The van der Waals surface area contributed by atoms with Crippen molar-refractivity contribution in [3.05, 3.63) is 53.1 Å². The average Bonchev–Trinajstić information content (AvgIpc) is 2.73. The van der Waals surface area contributed by atoms with Crippen molar-refractivity contribution in [3.8, 4) is 11.5 Å². The van der Waals surface area contributed by atoms with Crippen LogP contribution in [0.25, 0.3) is 0 Å². The summed E-state index contributed by atoms with van der Waals surface area (Å²) in [5.74, 6) is 0.599.